The summed E-state index contributed by atoms with van der Waals surface area (Å²) in [4.78, 5) is 28.1. The first-order valence-corrected chi connectivity index (χ1v) is 13.9. The molecule has 0 aromatic heterocycles. The third-order valence-electron chi connectivity index (χ3n) is 6.03. The largest absolute Gasteiger partial charge is 0.354 e. The van der Waals surface area contributed by atoms with Gasteiger partial charge < -0.3 is 10.2 Å². The highest BCUT2D eigenvalue weighted by Crippen LogP contribution is 2.31. The number of nitrogens with one attached hydrogen (secondary N) is 1. The van der Waals surface area contributed by atoms with E-state index in [2.05, 4.69) is 5.32 Å². The lowest BCUT2D eigenvalue weighted by atomic mass is 10.1. The summed E-state index contributed by atoms with van der Waals surface area (Å²) in [6.45, 7) is 5.42. The highest BCUT2D eigenvalue weighted by Gasteiger charge is 2.33. The van der Waals surface area contributed by atoms with Gasteiger partial charge in [-0.25, -0.2) is 8.42 Å². The third kappa shape index (κ3) is 6.90. The number of rotatable bonds is 11. The Bertz CT molecular complexity index is 1320. The van der Waals surface area contributed by atoms with E-state index in [0.29, 0.717) is 22.8 Å². The molecule has 0 saturated carbocycles. The molecule has 3 aromatic rings. The maximum atomic E-state index is 13.8. The van der Waals surface area contributed by atoms with Crippen LogP contribution in [0.2, 0.25) is 5.02 Å². The average Bonchev–Trinajstić information content (AvgIpc) is 2.91. The molecule has 0 heterocycles. The second-order valence-electron chi connectivity index (χ2n) is 8.68. The van der Waals surface area contributed by atoms with Crippen molar-refractivity contribution in [2.45, 2.75) is 44.7 Å². The van der Waals surface area contributed by atoms with Gasteiger partial charge >= 0.3 is 0 Å². The van der Waals surface area contributed by atoms with Gasteiger partial charge in [-0.3, -0.25) is 13.9 Å². The van der Waals surface area contributed by atoms with E-state index < -0.39 is 28.5 Å². The van der Waals surface area contributed by atoms with Crippen LogP contribution in [0, 0.1) is 6.92 Å². The summed E-state index contributed by atoms with van der Waals surface area (Å²) in [6.07, 6.45) is 0.752. The maximum Gasteiger partial charge on any atom is 0.264 e. The molecule has 2 amide bonds. The van der Waals surface area contributed by atoms with E-state index in [1.807, 2.05) is 37.3 Å². The first-order valence-electron chi connectivity index (χ1n) is 12.1. The molecule has 1 N–H and O–H groups in total. The summed E-state index contributed by atoms with van der Waals surface area (Å²) >= 11 is 6.33. The molecule has 37 heavy (non-hydrogen) atoms. The number of carbonyl (C=O) groups excluding carboxylic acids is 2. The lowest BCUT2D eigenvalue weighted by Gasteiger charge is -2.32. The Morgan fingerprint density at radius 1 is 0.946 bits per heavy atom. The van der Waals surface area contributed by atoms with Crippen LogP contribution in [-0.2, 0) is 26.2 Å². The van der Waals surface area contributed by atoms with Gasteiger partial charge in [-0.1, -0.05) is 73.1 Å². The van der Waals surface area contributed by atoms with Crippen molar-refractivity contribution in [2.75, 3.05) is 17.4 Å². The van der Waals surface area contributed by atoms with Crippen molar-refractivity contribution in [1.82, 2.24) is 10.2 Å². The Labute approximate surface area is 224 Å². The van der Waals surface area contributed by atoms with Crippen LogP contribution in [0.5, 0.6) is 0 Å². The molecule has 0 saturated heterocycles. The number of carbonyl (C=O) groups is 2. The van der Waals surface area contributed by atoms with Crippen LogP contribution in [0.25, 0.3) is 0 Å². The van der Waals surface area contributed by atoms with E-state index >= 15 is 0 Å². The molecular weight excluding hydrogens is 510 g/mol. The maximum absolute atomic E-state index is 13.8. The molecule has 0 bridgehead atoms. The fourth-order valence-corrected chi connectivity index (χ4v) is 5.52. The highest BCUT2D eigenvalue weighted by atomic mass is 35.5. The van der Waals surface area contributed by atoms with E-state index in [0.717, 1.165) is 16.3 Å². The Hall–Kier alpha value is -3.36. The standard InChI is InChI=1S/C28H32ClN3O4S/c1-4-18-30-28(34)22(3)31(19-23-12-7-5-8-13-23)27(33)20-32(26-17-11-16-25(29)21(26)2)37(35,36)24-14-9-6-10-15-24/h5-17,22H,4,18-20H2,1-3H3,(H,30,34)/t22-/m0/s1. The fourth-order valence-electron chi connectivity index (χ4n) is 3.86. The van der Waals surface area contributed by atoms with Gasteiger partial charge in [-0.15, -0.1) is 0 Å². The normalized spacial score (nSPS) is 12.0. The smallest absolute Gasteiger partial charge is 0.264 e. The Morgan fingerprint density at radius 3 is 2.19 bits per heavy atom. The van der Waals surface area contributed by atoms with E-state index in [4.69, 9.17) is 11.6 Å². The molecule has 0 aliphatic carbocycles. The van der Waals surface area contributed by atoms with E-state index in [1.54, 1.807) is 50.2 Å². The second-order valence-corrected chi connectivity index (χ2v) is 11.0. The third-order valence-corrected chi connectivity index (χ3v) is 8.21. The molecule has 0 aliphatic heterocycles. The highest BCUT2D eigenvalue weighted by molar-refractivity contribution is 7.92. The van der Waals surface area contributed by atoms with E-state index in [-0.39, 0.29) is 17.3 Å². The van der Waals surface area contributed by atoms with Crippen molar-refractivity contribution in [3.63, 3.8) is 0 Å². The minimum absolute atomic E-state index is 0.0468. The summed E-state index contributed by atoms with van der Waals surface area (Å²) in [5.74, 6) is -0.815. The Kier molecular flexibility index (Phi) is 9.72. The van der Waals surface area contributed by atoms with Crippen LogP contribution in [0.4, 0.5) is 5.69 Å². The van der Waals surface area contributed by atoms with Gasteiger partial charge in [0.15, 0.2) is 0 Å². The molecule has 0 spiro atoms. The molecule has 3 rings (SSSR count). The van der Waals surface area contributed by atoms with Crippen molar-refractivity contribution in [2.24, 2.45) is 0 Å². The molecule has 0 aliphatic rings. The lowest BCUT2D eigenvalue weighted by molar-refractivity contribution is -0.139. The second kappa shape index (κ2) is 12.7. The number of amides is 2. The van der Waals surface area contributed by atoms with Crippen molar-refractivity contribution >= 4 is 39.1 Å². The average molecular weight is 542 g/mol. The predicted octanol–water partition coefficient (Wildman–Crippen LogP) is 4.79. The van der Waals surface area contributed by atoms with E-state index in [1.165, 1.54) is 17.0 Å². The summed E-state index contributed by atoms with van der Waals surface area (Å²) in [5, 5.41) is 3.21. The van der Waals surface area contributed by atoms with Gasteiger partial charge in [0.25, 0.3) is 10.0 Å². The quantitative estimate of drug-likeness (QED) is 0.378. The summed E-state index contributed by atoms with van der Waals surface area (Å²) in [5.41, 5.74) is 1.65. The van der Waals surface area contributed by atoms with Gasteiger partial charge in [0, 0.05) is 18.1 Å². The summed E-state index contributed by atoms with van der Waals surface area (Å²) < 4.78 is 28.7. The first kappa shape index (κ1) is 28.2. The number of hydrogen-bond acceptors (Lipinski definition) is 4. The molecule has 0 unspecified atom stereocenters. The van der Waals surface area contributed by atoms with Gasteiger partial charge in [0.1, 0.15) is 12.6 Å². The zero-order valence-electron chi connectivity index (χ0n) is 21.2. The SMILES string of the molecule is CCCNC(=O)[C@H](C)N(Cc1ccccc1)C(=O)CN(c1cccc(Cl)c1C)S(=O)(=O)c1ccccc1. The van der Waals surface area contributed by atoms with Gasteiger partial charge in [0.05, 0.1) is 10.6 Å². The van der Waals surface area contributed by atoms with Gasteiger partial charge in [-0.05, 0) is 55.7 Å². The molecule has 1 atom stereocenters. The first-order chi connectivity index (χ1) is 17.7. The number of anilines is 1. The van der Waals surface area contributed by atoms with Gasteiger partial charge in [-0.2, -0.15) is 0 Å². The van der Waals surface area contributed by atoms with Crippen LogP contribution < -0.4 is 9.62 Å². The number of halogens is 1. The van der Waals surface area contributed by atoms with Crippen molar-refractivity contribution < 1.29 is 18.0 Å². The van der Waals surface area contributed by atoms with Crippen LogP contribution in [0.1, 0.15) is 31.4 Å². The minimum atomic E-state index is -4.13. The predicted molar refractivity (Wildman–Crippen MR) is 147 cm³/mol. The molecule has 0 radical (unpaired) electrons. The van der Waals surface area contributed by atoms with Crippen molar-refractivity contribution in [1.29, 1.82) is 0 Å². The van der Waals surface area contributed by atoms with Crippen LogP contribution >= 0.6 is 11.6 Å². The van der Waals surface area contributed by atoms with E-state index in [9.17, 15) is 18.0 Å². The fraction of sp³-hybridized carbons (Fsp3) is 0.286. The summed E-state index contributed by atoms with van der Waals surface area (Å²) in [6, 6.07) is 21.3. The molecule has 7 nitrogen and oxygen atoms in total. The zero-order chi connectivity index (χ0) is 27.0. The number of sulfonamides is 1. The molecule has 3 aromatic carbocycles. The van der Waals surface area contributed by atoms with Crippen molar-refractivity contribution in [3.05, 3.63) is 95.0 Å². The topological polar surface area (TPSA) is 86.8 Å². The van der Waals surface area contributed by atoms with Gasteiger partial charge in [0.2, 0.25) is 11.8 Å². The number of benzene rings is 3. The van der Waals surface area contributed by atoms with Crippen LogP contribution in [0.15, 0.2) is 83.8 Å². The summed E-state index contributed by atoms with van der Waals surface area (Å²) in [7, 11) is -4.13. The monoisotopic (exact) mass is 541 g/mol. The molecule has 9 heteroatoms. The molecule has 0 fully saturated rings. The van der Waals surface area contributed by atoms with Crippen LogP contribution in [0.3, 0.4) is 0 Å². The lowest BCUT2D eigenvalue weighted by Crippen LogP contribution is -2.51. The Balaban J connectivity index is 2.04. The Morgan fingerprint density at radius 2 is 1.57 bits per heavy atom. The van der Waals surface area contributed by atoms with Crippen LogP contribution in [-0.4, -0.2) is 44.3 Å². The number of nitrogens with zero attached hydrogens (tertiary/aromatic N) is 2. The minimum Gasteiger partial charge on any atom is -0.354 e. The zero-order valence-corrected chi connectivity index (χ0v) is 22.8. The molecular formula is C28H32ClN3O4S. The van der Waals surface area contributed by atoms with Crippen molar-refractivity contribution in [3.8, 4) is 0 Å². The molecule has 196 valence electrons. The number of hydrogen-bond donors (Lipinski definition) is 1.